The Morgan fingerprint density at radius 3 is 2.71 bits per heavy atom. The molecule has 0 atom stereocenters. The average molecular weight is 477 g/mol. The Kier molecular flexibility index (Phi) is 8.64. The van der Waals surface area contributed by atoms with Gasteiger partial charge in [-0.2, -0.15) is 5.10 Å². The molecule has 8 heteroatoms. The van der Waals surface area contributed by atoms with Crippen LogP contribution in [0.1, 0.15) is 18.4 Å². The van der Waals surface area contributed by atoms with Gasteiger partial charge in [0.25, 0.3) is 5.56 Å². The molecule has 3 aromatic rings. The number of likely N-dealkylation sites (N-methyl/N-ethyl adjacent to an activating group) is 1. The van der Waals surface area contributed by atoms with Gasteiger partial charge in [0.05, 0.1) is 5.69 Å². The van der Waals surface area contributed by atoms with Crippen LogP contribution in [0.25, 0.3) is 11.3 Å². The lowest BCUT2D eigenvalue weighted by molar-refractivity contribution is -0.122. The molecule has 4 rings (SSSR count). The van der Waals surface area contributed by atoms with Gasteiger partial charge in [0.15, 0.2) is 0 Å². The minimum atomic E-state index is -0.319. The van der Waals surface area contributed by atoms with Gasteiger partial charge in [0.1, 0.15) is 18.9 Å². The molecule has 1 fully saturated rings. The molecule has 184 valence electrons. The van der Waals surface area contributed by atoms with E-state index in [4.69, 9.17) is 9.47 Å². The van der Waals surface area contributed by atoms with Crippen LogP contribution < -0.4 is 15.6 Å². The second kappa shape index (κ2) is 12.3. The van der Waals surface area contributed by atoms with Crippen molar-refractivity contribution in [1.82, 2.24) is 20.0 Å². The SMILES string of the molecule is CN(CCOc1cccc(CNC(=O)Cn2nc(-c3ccccc3)ccc2=O)c1)C1CCOCC1. The van der Waals surface area contributed by atoms with Crippen LogP contribution in [0.3, 0.4) is 0 Å². The number of rotatable bonds is 10. The summed E-state index contributed by atoms with van der Waals surface area (Å²) in [7, 11) is 2.13. The maximum Gasteiger partial charge on any atom is 0.267 e. The van der Waals surface area contributed by atoms with E-state index in [-0.39, 0.29) is 18.0 Å². The van der Waals surface area contributed by atoms with Crippen LogP contribution in [0.4, 0.5) is 0 Å². The third-order valence-electron chi connectivity index (χ3n) is 6.14. The van der Waals surface area contributed by atoms with Crippen LogP contribution in [0.2, 0.25) is 0 Å². The fourth-order valence-corrected chi connectivity index (χ4v) is 4.08. The summed E-state index contributed by atoms with van der Waals surface area (Å²) in [6, 6.07) is 20.9. The molecule has 2 heterocycles. The van der Waals surface area contributed by atoms with Crippen molar-refractivity contribution in [2.75, 3.05) is 33.4 Å². The van der Waals surface area contributed by atoms with Crippen molar-refractivity contribution >= 4 is 5.91 Å². The fraction of sp³-hybridized carbons (Fsp3) is 0.370. The van der Waals surface area contributed by atoms with Gasteiger partial charge in [-0.1, -0.05) is 42.5 Å². The second-order valence-electron chi connectivity index (χ2n) is 8.68. The van der Waals surface area contributed by atoms with Gasteiger partial charge in [-0.05, 0) is 43.7 Å². The molecule has 2 aromatic carbocycles. The van der Waals surface area contributed by atoms with Crippen LogP contribution in [0.5, 0.6) is 5.75 Å². The predicted octanol–water partition coefficient (Wildman–Crippen LogP) is 2.72. The Bertz CT molecular complexity index is 1160. The summed E-state index contributed by atoms with van der Waals surface area (Å²) >= 11 is 0. The highest BCUT2D eigenvalue weighted by atomic mass is 16.5. The van der Waals surface area contributed by atoms with Crippen LogP contribution in [-0.4, -0.2) is 60.0 Å². The van der Waals surface area contributed by atoms with E-state index < -0.39 is 0 Å². The van der Waals surface area contributed by atoms with E-state index in [9.17, 15) is 9.59 Å². The van der Waals surface area contributed by atoms with E-state index in [0.717, 1.165) is 49.5 Å². The molecule has 0 aliphatic carbocycles. The molecule has 35 heavy (non-hydrogen) atoms. The molecular formula is C27H32N4O4. The first-order valence-electron chi connectivity index (χ1n) is 12.0. The van der Waals surface area contributed by atoms with Crippen molar-refractivity contribution < 1.29 is 14.3 Å². The molecule has 1 aliphatic rings. The first kappa shape index (κ1) is 24.6. The van der Waals surface area contributed by atoms with Crippen molar-refractivity contribution in [3.8, 4) is 17.0 Å². The molecule has 1 aliphatic heterocycles. The van der Waals surface area contributed by atoms with Crippen molar-refractivity contribution in [3.63, 3.8) is 0 Å². The zero-order valence-electron chi connectivity index (χ0n) is 20.1. The van der Waals surface area contributed by atoms with E-state index >= 15 is 0 Å². The quantitative estimate of drug-likeness (QED) is 0.484. The number of carbonyl (C=O) groups is 1. The zero-order valence-corrected chi connectivity index (χ0v) is 20.1. The van der Waals surface area contributed by atoms with Crippen molar-refractivity contribution in [2.24, 2.45) is 0 Å². The Labute approximate surface area is 205 Å². The second-order valence-corrected chi connectivity index (χ2v) is 8.68. The Morgan fingerprint density at radius 2 is 1.91 bits per heavy atom. The number of hydrogen-bond acceptors (Lipinski definition) is 6. The molecule has 0 spiro atoms. The fourth-order valence-electron chi connectivity index (χ4n) is 4.08. The maximum atomic E-state index is 12.5. The summed E-state index contributed by atoms with van der Waals surface area (Å²) < 4.78 is 12.6. The molecule has 1 saturated heterocycles. The standard InChI is InChI=1S/C27H32N4O4/c1-30(23-12-15-34-16-13-23)14-17-35-24-9-5-6-21(18-24)19-28-26(32)20-31-27(33)11-10-25(29-31)22-7-3-2-4-8-22/h2-11,18,23H,12-17,19-20H2,1H3,(H,28,32). The minimum Gasteiger partial charge on any atom is -0.492 e. The Hall–Kier alpha value is -3.49. The summed E-state index contributed by atoms with van der Waals surface area (Å²) in [6.07, 6.45) is 2.12. The average Bonchev–Trinajstić information content (AvgIpc) is 2.90. The van der Waals surface area contributed by atoms with Gasteiger partial charge in [0, 0.05) is 44.0 Å². The van der Waals surface area contributed by atoms with E-state index in [1.54, 1.807) is 6.07 Å². The topological polar surface area (TPSA) is 85.7 Å². The summed E-state index contributed by atoms with van der Waals surface area (Å²) in [5, 5.41) is 7.21. The van der Waals surface area contributed by atoms with Crippen molar-refractivity contribution in [2.45, 2.75) is 32.0 Å². The highest BCUT2D eigenvalue weighted by molar-refractivity contribution is 5.75. The molecule has 8 nitrogen and oxygen atoms in total. The molecule has 1 aromatic heterocycles. The number of amides is 1. The van der Waals surface area contributed by atoms with Gasteiger partial charge in [-0.15, -0.1) is 0 Å². The lowest BCUT2D eigenvalue weighted by atomic mass is 10.1. The number of hydrogen-bond donors (Lipinski definition) is 1. The third-order valence-corrected chi connectivity index (χ3v) is 6.14. The number of nitrogens with one attached hydrogen (secondary N) is 1. The summed E-state index contributed by atoms with van der Waals surface area (Å²) in [6.45, 7) is 3.28. The number of benzene rings is 2. The minimum absolute atomic E-state index is 0.145. The lowest BCUT2D eigenvalue weighted by Gasteiger charge is -2.31. The smallest absolute Gasteiger partial charge is 0.267 e. The number of nitrogens with zero attached hydrogens (tertiary/aromatic N) is 3. The van der Waals surface area contributed by atoms with Gasteiger partial charge in [0.2, 0.25) is 5.91 Å². The van der Waals surface area contributed by atoms with E-state index in [2.05, 4.69) is 22.4 Å². The van der Waals surface area contributed by atoms with Crippen molar-refractivity contribution in [1.29, 1.82) is 0 Å². The molecule has 0 bridgehead atoms. The Morgan fingerprint density at radius 1 is 1.11 bits per heavy atom. The van der Waals surface area contributed by atoms with Crippen LogP contribution in [0, 0.1) is 0 Å². The third kappa shape index (κ3) is 7.24. The molecule has 1 amide bonds. The first-order chi connectivity index (χ1) is 17.1. The molecule has 0 unspecified atom stereocenters. The Balaban J connectivity index is 1.26. The van der Waals surface area contributed by atoms with E-state index in [0.29, 0.717) is 24.9 Å². The molecular weight excluding hydrogens is 444 g/mol. The highest BCUT2D eigenvalue weighted by Crippen LogP contribution is 2.16. The van der Waals surface area contributed by atoms with Gasteiger partial charge in [-0.3, -0.25) is 14.5 Å². The number of ether oxygens (including phenoxy) is 2. The highest BCUT2D eigenvalue weighted by Gasteiger charge is 2.18. The molecule has 0 radical (unpaired) electrons. The van der Waals surface area contributed by atoms with E-state index in [1.807, 2.05) is 54.6 Å². The number of carbonyl (C=O) groups excluding carboxylic acids is 1. The normalized spacial score (nSPS) is 14.1. The summed E-state index contributed by atoms with van der Waals surface area (Å²) in [4.78, 5) is 27.0. The van der Waals surface area contributed by atoms with Crippen LogP contribution in [0.15, 0.2) is 71.5 Å². The summed E-state index contributed by atoms with van der Waals surface area (Å²) in [5.74, 6) is 0.486. The molecule has 0 saturated carbocycles. The lowest BCUT2D eigenvalue weighted by Crippen LogP contribution is -2.38. The number of aromatic nitrogens is 2. The van der Waals surface area contributed by atoms with Gasteiger partial charge < -0.3 is 14.8 Å². The largest absolute Gasteiger partial charge is 0.492 e. The maximum absolute atomic E-state index is 12.5. The van der Waals surface area contributed by atoms with E-state index in [1.165, 1.54) is 10.7 Å². The zero-order chi connectivity index (χ0) is 24.5. The predicted molar refractivity (Wildman–Crippen MR) is 134 cm³/mol. The first-order valence-corrected chi connectivity index (χ1v) is 12.0. The summed E-state index contributed by atoms with van der Waals surface area (Å²) in [5.41, 5.74) is 2.13. The monoisotopic (exact) mass is 476 g/mol. The van der Waals surface area contributed by atoms with Gasteiger partial charge >= 0.3 is 0 Å². The molecule has 1 N–H and O–H groups in total. The van der Waals surface area contributed by atoms with Crippen LogP contribution in [-0.2, 0) is 22.6 Å². The van der Waals surface area contributed by atoms with Crippen LogP contribution >= 0.6 is 0 Å². The van der Waals surface area contributed by atoms with Crippen molar-refractivity contribution in [3.05, 3.63) is 82.6 Å². The van der Waals surface area contributed by atoms with Gasteiger partial charge in [-0.25, -0.2) is 4.68 Å².